The Morgan fingerprint density at radius 3 is 2.93 bits per heavy atom. The van der Waals surface area contributed by atoms with Crippen LogP contribution in [0.5, 0.6) is 0 Å². The lowest BCUT2D eigenvalue weighted by molar-refractivity contribution is -0.0170. The molecule has 1 fully saturated rings. The zero-order valence-electron chi connectivity index (χ0n) is 14.8. The van der Waals surface area contributed by atoms with Crippen molar-refractivity contribution in [3.05, 3.63) is 29.0 Å². The van der Waals surface area contributed by atoms with Gasteiger partial charge in [-0.05, 0) is 19.1 Å². The van der Waals surface area contributed by atoms with E-state index in [2.05, 4.69) is 37.4 Å². The fourth-order valence-electron chi connectivity index (χ4n) is 3.35. The SMILES string of the molecule is C[C@H]1CN(c2cc(Cl)cc(-c3ncnc4c3[C@H](C(F)F)OC(=O)N4)n2)CCN1. The fraction of sp³-hybridized carbons (Fsp3) is 0.412. The van der Waals surface area contributed by atoms with Gasteiger partial charge in [-0.2, -0.15) is 0 Å². The summed E-state index contributed by atoms with van der Waals surface area (Å²) in [5.41, 5.74) is 0.423. The molecule has 4 heterocycles. The number of aromatic nitrogens is 3. The van der Waals surface area contributed by atoms with Crippen LogP contribution in [0.25, 0.3) is 11.4 Å². The highest BCUT2D eigenvalue weighted by molar-refractivity contribution is 6.31. The molecule has 0 saturated carbocycles. The molecule has 148 valence electrons. The smallest absolute Gasteiger partial charge is 0.413 e. The Bertz CT molecular complexity index is 915. The molecule has 1 amide bonds. The molecule has 8 nitrogen and oxygen atoms in total. The number of fused-ring (bicyclic) bond motifs is 1. The molecular formula is C17H17ClF2N6O2. The average molecular weight is 411 g/mol. The van der Waals surface area contributed by atoms with Crippen molar-refractivity contribution in [2.75, 3.05) is 29.9 Å². The van der Waals surface area contributed by atoms with Crippen LogP contribution < -0.4 is 15.5 Å². The van der Waals surface area contributed by atoms with E-state index < -0.39 is 18.6 Å². The van der Waals surface area contributed by atoms with E-state index >= 15 is 0 Å². The number of rotatable bonds is 3. The minimum Gasteiger partial charge on any atom is -0.435 e. The maximum absolute atomic E-state index is 13.5. The molecule has 2 N–H and O–H groups in total. The van der Waals surface area contributed by atoms with Crippen LogP contribution in [0.4, 0.5) is 25.2 Å². The number of cyclic esters (lactones) is 1. The van der Waals surface area contributed by atoms with Crippen LogP contribution in [0, 0.1) is 0 Å². The summed E-state index contributed by atoms with van der Waals surface area (Å²) >= 11 is 6.29. The number of amides is 1. The van der Waals surface area contributed by atoms with E-state index in [9.17, 15) is 13.6 Å². The summed E-state index contributed by atoms with van der Waals surface area (Å²) in [6.07, 6.45) is -4.54. The number of pyridine rings is 1. The minimum atomic E-state index is -2.94. The maximum Gasteiger partial charge on any atom is 0.413 e. The van der Waals surface area contributed by atoms with Crippen molar-refractivity contribution in [1.29, 1.82) is 0 Å². The molecule has 0 spiro atoms. The van der Waals surface area contributed by atoms with Gasteiger partial charge in [0.25, 0.3) is 6.43 Å². The van der Waals surface area contributed by atoms with Gasteiger partial charge in [0.2, 0.25) is 0 Å². The summed E-state index contributed by atoms with van der Waals surface area (Å²) in [6.45, 7) is 4.32. The van der Waals surface area contributed by atoms with Gasteiger partial charge in [-0.3, -0.25) is 5.32 Å². The molecule has 11 heteroatoms. The van der Waals surface area contributed by atoms with Crippen molar-refractivity contribution in [2.24, 2.45) is 0 Å². The van der Waals surface area contributed by atoms with Crippen LogP contribution in [-0.2, 0) is 4.74 Å². The molecule has 0 aromatic carbocycles. The van der Waals surface area contributed by atoms with Gasteiger partial charge < -0.3 is 15.0 Å². The number of halogens is 3. The Hall–Kier alpha value is -2.59. The lowest BCUT2D eigenvalue weighted by atomic mass is 10.0. The van der Waals surface area contributed by atoms with Crippen LogP contribution in [0.15, 0.2) is 18.5 Å². The highest BCUT2D eigenvalue weighted by Crippen LogP contribution is 2.39. The molecule has 4 rings (SSSR count). The predicted molar refractivity (Wildman–Crippen MR) is 98.8 cm³/mol. The van der Waals surface area contributed by atoms with E-state index in [4.69, 9.17) is 16.3 Å². The van der Waals surface area contributed by atoms with Gasteiger partial charge in [0.05, 0.1) is 11.3 Å². The highest BCUT2D eigenvalue weighted by atomic mass is 35.5. The van der Waals surface area contributed by atoms with Gasteiger partial charge in [0.1, 0.15) is 23.7 Å². The van der Waals surface area contributed by atoms with E-state index in [-0.39, 0.29) is 23.1 Å². The van der Waals surface area contributed by atoms with Crippen molar-refractivity contribution < 1.29 is 18.3 Å². The van der Waals surface area contributed by atoms with Crippen LogP contribution in [0.1, 0.15) is 18.6 Å². The van der Waals surface area contributed by atoms with Crippen LogP contribution in [-0.4, -0.2) is 53.1 Å². The fourth-order valence-corrected chi connectivity index (χ4v) is 3.55. The second-order valence-electron chi connectivity index (χ2n) is 6.60. The summed E-state index contributed by atoms with van der Waals surface area (Å²) in [7, 11) is 0. The summed E-state index contributed by atoms with van der Waals surface area (Å²) in [4.78, 5) is 26.2. The molecule has 2 aromatic heterocycles. The van der Waals surface area contributed by atoms with Gasteiger partial charge in [-0.25, -0.2) is 28.5 Å². The number of carbonyl (C=O) groups excluding carboxylic acids is 1. The predicted octanol–water partition coefficient (Wildman–Crippen LogP) is 2.86. The average Bonchev–Trinajstić information content (AvgIpc) is 2.66. The molecule has 28 heavy (non-hydrogen) atoms. The molecule has 2 atom stereocenters. The first kappa shape index (κ1) is 18.8. The summed E-state index contributed by atoms with van der Waals surface area (Å²) in [6, 6.07) is 3.54. The Balaban J connectivity index is 1.80. The van der Waals surface area contributed by atoms with E-state index in [1.807, 2.05) is 0 Å². The third-order valence-corrected chi connectivity index (χ3v) is 4.78. The molecule has 2 aliphatic rings. The van der Waals surface area contributed by atoms with Gasteiger partial charge in [-0.15, -0.1) is 0 Å². The number of carbonyl (C=O) groups is 1. The first-order valence-electron chi connectivity index (χ1n) is 8.69. The normalized spacial score (nSPS) is 21.9. The molecule has 2 aromatic rings. The number of nitrogens with one attached hydrogen (secondary N) is 2. The zero-order valence-corrected chi connectivity index (χ0v) is 15.6. The molecule has 0 unspecified atom stereocenters. The number of ether oxygens (including phenoxy) is 1. The van der Waals surface area contributed by atoms with Crippen LogP contribution in [0.2, 0.25) is 5.02 Å². The lowest BCUT2D eigenvalue weighted by Crippen LogP contribution is -2.49. The number of alkyl halides is 2. The number of anilines is 2. The highest BCUT2D eigenvalue weighted by Gasteiger charge is 2.37. The Morgan fingerprint density at radius 2 is 2.18 bits per heavy atom. The topological polar surface area (TPSA) is 92.3 Å². The van der Waals surface area contributed by atoms with Crippen molar-refractivity contribution >= 4 is 29.3 Å². The monoisotopic (exact) mass is 410 g/mol. The second-order valence-corrected chi connectivity index (χ2v) is 7.04. The maximum atomic E-state index is 13.5. The Kier molecular flexibility index (Phi) is 4.98. The second kappa shape index (κ2) is 7.44. The Labute approximate surface area is 164 Å². The zero-order chi connectivity index (χ0) is 19.8. The molecular weight excluding hydrogens is 394 g/mol. The van der Waals surface area contributed by atoms with Crippen molar-refractivity contribution in [2.45, 2.75) is 25.5 Å². The van der Waals surface area contributed by atoms with Crippen molar-refractivity contribution in [1.82, 2.24) is 20.3 Å². The standard InChI is InChI=1S/C17H17ClF2N6O2/c1-8-6-26(3-2-21-8)11-5-9(18)4-10(24-11)13-12-14(15(19)20)28-17(27)25-16(12)23-7-22-13/h4-5,7-8,14-15,21H,2-3,6H2,1H3,(H,22,23,25,27)/t8-,14+/m0/s1. The molecule has 2 aliphatic heterocycles. The largest absolute Gasteiger partial charge is 0.435 e. The number of piperazine rings is 1. The minimum absolute atomic E-state index is 0.0218. The quantitative estimate of drug-likeness (QED) is 0.803. The van der Waals surface area contributed by atoms with Crippen molar-refractivity contribution in [3.8, 4) is 11.4 Å². The number of hydrogen-bond acceptors (Lipinski definition) is 7. The van der Waals surface area contributed by atoms with E-state index in [0.29, 0.717) is 16.5 Å². The Morgan fingerprint density at radius 1 is 1.36 bits per heavy atom. The van der Waals surface area contributed by atoms with E-state index in [0.717, 1.165) is 19.6 Å². The van der Waals surface area contributed by atoms with Gasteiger partial charge >= 0.3 is 6.09 Å². The first-order chi connectivity index (χ1) is 13.4. The third kappa shape index (κ3) is 3.57. The summed E-state index contributed by atoms with van der Waals surface area (Å²) in [5.74, 6) is 0.600. The van der Waals surface area contributed by atoms with E-state index in [1.54, 1.807) is 6.07 Å². The summed E-state index contributed by atoms with van der Waals surface area (Å²) < 4.78 is 31.8. The third-order valence-electron chi connectivity index (χ3n) is 4.56. The summed E-state index contributed by atoms with van der Waals surface area (Å²) in [5, 5.41) is 6.07. The van der Waals surface area contributed by atoms with Crippen molar-refractivity contribution in [3.63, 3.8) is 0 Å². The van der Waals surface area contributed by atoms with Gasteiger partial charge in [0, 0.05) is 30.7 Å². The number of nitrogens with zero attached hydrogens (tertiary/aromatic N) is 4. The van der Waals surface area contributed by atoms with Gasteiger partial charge in [-0.1, -0.05) is 11.6 Å². The molecule has 0 bridgehead atoms. The first-order valence-corrected chi connectivity index (χ1v) is 9.07. The molecule has 0 radical (unpaired) electrons. The van der Waals surface area contributed by atoms with Crippen LogP contribution >= 0.6 is 11.6 Å². The molecule has 0 aliphatic carbocycles. The van der Waals surface area contributed by atoms with Gasteiger partial charge in [0.15, 0.2) is 6.10 Å². The van der Waals surface area contributed by atoms with E-state index in [1.165, 1.54) is 12.4 Å². The molecule has 1 saturated heterocycles. The van der Waals surface area contributed by atoms with Crippen LogP contribution in [0.3, 0.4) is 0 Å². The lowest BCUT2D eigenvalue weighted by Gasteiger charge is -2.33. The number of hydrogen-bond donors (Lipinski definition) is 2.